The van der Waals surface area contributed by atoms with Crippen molar-refractivity contribution >= 4 is 12.0 Å². The van der Waals surface area contributed by atoms with Gasteiger partial charge in [0, 0.05) is 26.2 Å². The van der Waals surface area contributed by atoms with Gasteiger partial charge in [0.05, 0.1) is 19.2 Å². The number of nitriles is 1. The third kappa shape index (κ3) is 67.2. The van der Waals surface area contributed by atoms with Crippen LogP contribution in [0.15, 0.2) is 17.4 Å². The standard InChI is InChI=1S/C8H17N3.C6H12N4.C5H12N2O.C4H10O.C3H9N.C3H8/c1-7(2)4-11-5-9-8(3)10-6-11;1-5(2)3-9-6(8)10-4-7;1-4(2)3-7-5(6)8;1-4(2)3-5;1-3(2)4;1-3-2/h7,9-10H,3-6H2,1-2H3;5H,3H2,1-2H3,(H3,8,9,10);4H,3H2,1-2H3,(H3,6,7,8);4-5H,3H2,1-2H3;3H,4H2,1-2H3;3H2,1-2H3. The molecule has 1 aliphatic heterocycles. The molecule has 0 atom stereocenters. The van der Waals surface area contributed by atoms with E-state index in [1.807, 2.05) is 55.4 Å². The number of primary amides is 1. The van der Waals surface area contributed by atoms with E-state index in [1.54, 1.807) is 6.19 Å². The van der Waals surface area contributed by atoms with Gasteiger partial charge in [-0.3, -0.25) is 15.2 Å². The Kier molecular flexibility index (Phi) is 41.3. The average molecular weight is 589 g/mol. The van der Waals surface area contributed by atoms with Crippen molar-refractivity contribution in [2.24, 2.45) is 45.9 Å². The lowest BCUT2D eigenvalue weighted by Gasteiger charge is -2.31. The van der Waals surface area contributed by atoms with Crippen LogP contribution < -0.4 is 38.5 Å². The van der Waals surface area contributed by atoms with Crippen molar-refractivity contribution in [2.75, 3.05) is 39.6 Å². The fourth-order valence-corrected chi connectivity index (χ4v) is 1.86. The van der Waals surface area contributed by atoms with Crippen LogP contribution in [0.25, 0.3) is 0 Å². The molecule has 1 aliphatic rings. The molecule has 246 valence electrons. The van der Waals surface area contributed by atoms with Crippen LogP contribution in [0.4, 0.5) is 4.79 Å². The highest BCUT2D eigenvalue weighted by atomic mass is 16.3. The maximum absolute atomic E-state index is 10.0. The molecule has 0 bridgehead atoms. The molecule has 0 spiro atoms. The number of aliphatic hydroxyl groups excluding tert-OH is 1. The smallest absolute Gasteiger partial charge is 0.312 e. The molecule has 0 radical (unpaired) electrons. The minimum Gasteiger partial charge on any atom is -0.396 e. The molecular formula is C29H68N10O2. The number of rotatable bonds is 7. The Morgan fingerprint density at radius 2 is 1.41 bits per heavy atom. The summed E-state index contributed by atoms with van der Waals surface area (Å²) in [7, 11) is 0. The van der Waals surface area contributed by atoms with Gasteiger partial charge in [0.1, 0.15) is 0 Å². The van der Waals surface area contributed by atoms with E-state index in [4.69, 9.17) is 27.6 Å². The molecule has 1 saturated heterocycles. The predicted octanol–water partition coefficient (Wildman–Crippen LogP) is 3.27. The van der Waals surface area contributed by atoms with E-state index in [2.05, 4.69) is 65.4 Å². The minimum absolute atomic E-state index is 0.191. The second-order valence-corrected chi connectivity index (χ2v) is 11.4. The lowest BCUT2D eigenvalue weighted by molar-refractivity contribution is 0.194. The van der Waals surface area contributed by atoms with E-state index in [0.717, 1.165) is 31.6 Å². The molecule has 0 unspecified atom stereocenters. The Morgan fingerprint density at radius 1 is 1.00 bits per heavy atom. The monoisotopic (exact) mass is 589 g/mol. The highest BCUT2D eigenvalue weighted by molar-refractivity contribution is 5.79. The number of hydrogen-bond acceptors (Lipinski definition) is 8. The molecule has 41 heavy (non-hydrogen) atoms. The van der Waals surface area contributed by atoms with Crippen LogP contribution in [0.3, 0.4) is 0 Å². The minimum atomic E-state index is -0.446. The number of guanidine groups is 1. The van der Waals surface area contributed by atoms with Gasteiger partial charge in [0.15, 0.2) is 6.19 Å². The Labute approximate surface area is 253 Å². The Balaban J connectivity index is -0.000000134. The summed E-state index contributed by atoms with van der Waals surface area (Å²) in [6.07, 6.45) is 2.94. The maximum Gasteiger partial charge on any atom is 0.312 e. The molecule has 12 nitrogen and oxygen atoms in total. The van der Waals surface area contributed by atoms with E-state index >= 15 is 0 Å². The number of carbonyl (C=O) groups is 1. The number of urea groups is 1. The first-order valence-electron chi connectivity index (χ1n) is 14.6. The zero-order valence-electron chi connectivity index (χ0n) is 28.5. The van der Waals surface area contributed by atoms with E-state index in [-0.39, 0.29) is 5.96 Å². The van der Waals surface area contributed by atoms with Crippen LogP contribution >= 0.6 is 0 Å². The lowest BCUT2D eigenvalue weighted by atomic mass is 10.2. The van der Waals surface area contributed by atoms with Crippen molar-refractivity contribution in [3.05, 3.63) is 12.4 Å². The molecule has 0 aromatic rings. The van der Waals surface area contributed by atoms with Gasteiger partial charge in [0.2, 0.25) is 5.96 Å². The van der Waals surface area contributed by atoms with Gasteiger partial charge in [-0.15, -0.1) is 0 Å². The number of aliphatic hydroxyl groups is 1. The van der Waals surface area contributed by atoms with Gasteiger partial charge >= 0.3 is 6.03 Å². The van der Waals surface area contributed by atoms with Gasteiger partial charge in [-0.1, -0.05) is 96.1 Å². The molecule has 12 heteroatoms. The van der Waals surface area contributed by atoms with Gasteiger partial charge in [-0.2, -0.15) is 5.26 Å². The summed E-state index contributed by atoms with van der Waals surface area (Å²) in [4.78, 5) is 16.2. The molecule has 1 rings (SSSR count). The van der Waals surface area contributed by atoms with Crippen LogP contribution in [0.5, 0.6) is 0 Å². The third-order valence-electron chi connectivity index (χ3n) is 3.52. The van der Waals surface area contributed by atoms with Gasteiger partial charge in [0.25, 0.3) is 0 Å². The quantitative estimate of drug-likeness (QED) is 0.0950. The second-order valence-electron chi connectivity index (χ2n) is 11.4. The molecule has 1 fully saturated rings. The topological polar surface area (TPSA) is 203 Å². The van der Waals surface area contributed by atoms with Crippen molar-refractivity contribution in [2.45, 2.75) is 95.5 Å². The fraction of sp³-hybridized carbons (Fsp3) is 0.828. The number of amides is 2. The van der Waals surface area contributed by atoms with Crippen molar-refractivity contribution in [3.8, 4) is 6.19 Å². The number of hydrogen-bond donors (Lipinski definition) is 8. The first kappa shape index (κ1) is 48.0. The Bertz CT molecular complexity index is 633. The van der Waals surface area contributed by atoms with Gasteiger partial charge in [-0.25, -0.2) is 4.79 Å². The number of nitrogens with two attached hydrogens (primary N) is 3. The number of nitrogens with zero attached hydrogens (tertiary/aromatic N) is 3. The normalized spacial score (nSPS) is 12.3. The van der Waals surface area contributed by atoms with Crippen molar-refractivity contribution in [3.63, 3.8) is 0 Å². The average Bonchev–Trinajstić information content (AvgIpc) is 2.84. The SMILES string of the molecule is C=C1NCN(CC(C)C)CN1.CC(C)CN=C(N)NC#N.CC(C)CNC(N)=O.CC(C)CO.CC(C)N.CCC. The molecule has 0 saturated carbocycles. The van der Waals surface area contributed by atoms with Crippen LogP contribution in [-0.2, 0) is 0 Å². The first-order chi connectivity index (χ1) is 18.9. The molecule has 1 heterocycles. The zero-order valence-corrected chi connectivity index (χ0v) is 28.5. The highest BCUT2D eigenvalue weighted by Gasteiger charge is 2.10. The highest BCUT2D eigenvalue weighted by Crippen LogP contribution is 1.99. The molecule has 2 amide bonds. The van der Waals surface area contributed by atoms with E-state index in [0.29, 0.717) is 43.5 Å². The van der Waals surface area contributed by atoms with Gasteiger partial charge in [-0.05, 0) is 29.7 Å². The largest absolute Gasteiger partial charge is 0.396 e. The summed E-state index contributed by atoms with van der Waals surface area (Å²) in [5.41, 5.74) is 15.2. The summed E-state index contributed by atoms with van der Waals surface area (Å²) >= 11 is 0. The first-order valence-corrected chi connectivity index (χ1v) is 14.6. The summed E-state index contributed by atoms with van der Waals surface area (Å²) < 4.78 is 0. The van der Waals surface area contributed by atoms with Crippen molar-refractivity contribution in [1.82, 2.24) is 26.2 Å². The number of carbonyl (C=O) groups excluding carboxylic acids is 1. The third-order valence-corrected chi connectivity index (χ3v) is 3.52. The van der Waals surface area contributed by atoms with Gasteiger partial charge < -0.3 is 38.3 Å². The lowest BCUT2D eigenvalue weighted by Crippen LogP contribution is -2.49. The summed E-state index contributed by atoms with van der Waals surface area (Å²) in [6.45, 7) is 33.0. The van der Waals surface area contributed by atoms with Crippen molar-refractivity contribution < 1.29 is 9.90 Å². The number of aliphatic imine (C=N–C) groups is 1. The van der Waals surface area contributed by atoms with E-state index in [1.165, 1.54) is 6.42 Å². The zero-order chi connectivity index (χ0) is 33.4. The molecule has 11 N–H and O–H groups in total. The molecule has 0 aliphatic carbocycles. The Hall–Kier alpha value is -2.75. The maximum atomic E-state index is 10.0. The summed E-state index contributed by atoms with van der Waals surface area (Å²) in [6, 6.07) is -0.112. The van der Waals surface area contributed by atoms with E-state index < -0.39 is 6.03 Å². The van der Waals surface area contributed by atoms with E-state index in [9.17, 15) is 4.79 Å². The second kappa shape index (κ2) is 35.3. The van der Waals surface area contributed by atoms with Crippen LogP contribution in [0.2, 0.25) is 0 Å². The van der Waals surface area contributed by atoms with Crippen LogP contribution in [-0.4, -0.2) is 67.6 Å². The molecule has 0 aromatic carbocycles. The van der Waals surface area contributed by atoms with Crippen LogP contribution in [0.1, 0.15) is 89.5 Å². The van der Waals surface area contributed by atoms with Crippen molar-refractivity contribution in [1.29, 1.82) is 5.26 Å². The fourth-order valence-electron chi connectivity index (χ4n) is 1.86. The number of nitrogens with one attached hydrogen (secondary N) is 4. The summed E-state index contributed by atoms with van der Waals surface area (Å²) in [5.74, 6) is 3.24. The predicted molar refractivity (Wildman–Crippen MR) is 176 cm³/mol. The molecular weight excluding hydrogens is 520 g/mol. The van der Waals surface area contributed by atoms with Crippen LogP contribution in [0, 0.1) is 35.1 Å². The Morgan fingerprint density at radius 3 is 1.66 bits per heavy atom. The summed E-state index contributed by atoms with van der Waals surface area (Å²) in [5, 5.41) is 27.3. The molecule has 0 aromatic heterocycles.